The normalized spacial score (nSPS) is 25.6. The Balaban J connectivity index is 1.57. The summed E-state index contributed by atoms with van der Waals surface area (Å²) in [5.41, 5.74) is 1.36. The number of benzene rings is 1. The van der Waals surface area contributed by atoms with Gasteiger partial charge >= 0.3 is 6.03 Å². The number of rotatable bonds is 4. The van der Waals surface area contributed by atoms with Gasteiger partial charge in [0.05, 0.1) is 6.04 Å². The Morgan fingerprint density at radius 1 is 1.17 bits per heavy atom. The van der Waals surface area contributed by atoms with Gasteiger partial charge in [0.25, 0.3) is 0 Å². The number of carbonyl (C=O) groups excluding carboxylic acids is 2. The zero-order chi connectivity index (χ0) is 16.9. The molecule has 1 aromatic carbocycles. The van der Waals surface area contributed by atoms with Crippen LogP contribution in [0.15, 0.2) is 24.3 Å². The van der Waals surface area contributed by atoms with Crippen LogP contribution in [-0.2, 0) is 4.79 Å². The monoisotopic (exact) mass is 330 g/mol. The molecule has 6 heteroatoms. The van der Waals surface area contributed by atoms with Crippen molar-refractivity contribution in [1.82, 2.24) is 10.6 Å². The predicted octanol–water partition coefficient (Wildman–Crippen LogP) is 2.69. The fourth-order valence-corrected chi connectivity index (χ4v) is 3.76. The first-order valence-electron chi connectivity index (χ1n) is 8.87. The number of amides is 3. The quantitative estimate of drug-likeness (QED) is 0.685. The van der Waals surface area contributed by atoms with Crippen LogP contribution in [0.4, 0.5) is 16.2 Å². The molecule has 1 saturated carbocycles. The molecule has 24 heavy (non-hydrogen) atoms. The molecule has 0 aromatic heterocycles. The minimum atomic E-state index is -0.248. The van der Waals surface area contributed by atoms with E-state index in [0.717, 1.165) is 6.42 Å². The molecule has 6 nitrogen and oxygen atoms in total. The third-order valence-electron chi connectivity index (χ3n) is 4.90. The van der Waals surface area contributed by atoms with Crippen LogP contribution < -0.4 is 21.3 Å². The second-order valence-electron chi connectivity index (χ2n) is 6.66. The Morgan fingerprint density at radius 2 is 1.92 bits per heavy atom. The molecule has 2 aliphatic rings. The lowest BCUT2D eigenvalue weighted by atomic mass is 9.85. The molecule has 3 unspecified atom stereocenters. The summed E-state index contributed by atoms with van der Waals surface area (Å²) < 4.78 is 0. The number of fused-ring (bicyclic) bond motifs is 1. The smallest absolute Gasteiger partial charge is 0.319 e. The molecular weight excluding hydrogens is 304 g/mol. The van der Waals surface area contributed by atoms with Gasteiger partial charge in [-0.2, -0.15) is 0 Å². The molecule has 4 N–H and O–H groups in total. The molecule has 3 atom stereocenters. The number of anilines is 2. The summed E-state index contributed by atoms with van der Waals surface area (Å²) in [6.45, 7) is 2.43. The molecule has 1 saturated heterocycles. The molecule has 1 aliphatic carbocycles. The number of hydrogen-bond donors (Lipinski definition) is 4. The minimum Gasteiger partial charge on any atom is -0.338 e. The van der Waals surface area contributed by atoms with E-state index >= 15 is 0 Å². The van der Waals surface area contributed by atoms with Gasteiger partial charge in [0, 0.05) is 24.0 Å². The van der Waals surface area contributed by atoms with Crippen LogP contribution in [0.5, 0.6) is 0 Å². The van der Waals surface area contributed by atoms with Crippen molar-refractivity contribution in [3.63, 3.8) is 0 Å². The molecule has 3 rings (SSSR count). The maximum atomic E-state index is 12.5. The molecule has 1 aromatic rings. The predicted molar refractivity (Wildman–Crippen MR) is 95.1 cm³/mol. The van der Waals surface area contributed by atoms with Crippen LogP contribution in [0.3, 0.4) is 0 Å². The van der Waals surface area contributed by atoms with Gasteiger partial charge in [-0.25, -0.2) is 4.79 Å². The van der Waals surface area contributed by atoms with Gasteiger partial charge in [0.1, 0.15) is 0 Å². The van der Waals surface area contributed by atoms with E-state index in [0.29, 0.717) is 29.9 Å². The Kier molecular flexibility index (Phi) is 5.35. The van der Waals surface area contributed by atoms with Crippen molar-refractivity contribution in [3.8, 4) is 0 Å². The van der Waals surface area contributed by atoms with Gasteiger partial charge < -0.3 is 21.3 Å². The number of urea groups is 1. The molecule has 0 spiro atoms. The first-order chi connectivity index (χ1) is 11.7. The van der Waals surface area contributed by atoms with Gasteiger partial charge in [-0.1, -0.05) is 18.9 Å². The average Bonchev–Trinajstić information content (AvgIpc) is 2.99. The Hall–Kier alpha value is -2.08. The summed E-state index contributed by atoms with van der Waals surface area (Å²) in [4.78, 5) is 24.1. The molecule has 1 heterocycles. The first kappa shape index (κ1) is 16.8. The van der Waals surface area contributed by atoms with Gasteiger partial charge in [0.2, 0.25) is 5.91 Å². The van der Waals surface area contributed by atoms with E-state index < -0.39 is 0 Å². The van der Waals surface area contributed by atoms with Crippen molar-refractivity contribution in [2.75, 3.05) is 17.2 Å². The molecule has 130 valence electrons. The van der Waals surface area contributed by atoms with Crippen LogP contribution in [0.1, 0.15) is 39.0 Å². The summed E-state index contributed by atoms with van der Waals surface area (Å²) in [6, 6.07) is 7.37. The van der Waals surface area contributed by atoms with Gasteiger partial charge in [-0.15, -0.1) is 0 Å². The lowest BCUT2D eigenvalue weighted by Crippen LogP contribution is -2.39. The zero-order valence-corrected chi connectivity index (χ0v) is 14.1. The average molecular weight is 330 g/mol. The van der Waals surface area contributed by atoms with Gasteiger partial charge in [-0.05, 0) is 50.3 Å². The summed E-state index contributed by atoms with van der Waals surface area (Å²) >= 11 is 0. The standard InChI is InChI=1S/C18H26N4O2/c1-2-19-18(24)21-14-8-5-7-13(11-14)20-17(23)16-10-12-6-3-4-9-15(12)22-16/h5,7-8,11-12,15-16,22H,2-4,6,9-10H2,1H3,(H,20,23)(H2,19,21,24). The molecule has 3 amide bonds. The van der Waals surface area contributed by atoms with Gasteiger partial charge in [-0.3, -0.25) is 4.79 Å². The number of nitrogens with one attached hydrogen (secondary N) is 4. The Labute approximate surface area is 142 Å². The third-order valence-corrected chi connectivity index (χ3v) is 4.90. The van der Waals surface area contributed by atoms with Crippen LogP contribution in [0.2, 0.25) is 0 Å². The van der Waals surface area contributed by atoms with Crippen LogP contribution in [-0.4, -0.2) is 30.6 Å². The maximum Gasteiger partial charge on any atom is 0.319 e. The summed E-state index contributed by atoms with van der Waals surface area (Å²) in [6.07, 6.45) is 5.88. The van der Waals surface area contributed by atoms with E-state index in [1.54, 1.807) is 12.1 Å². The second-order valence-corrected chi connectivity index (χ2v) is 6.66. The SMILES string of the molecule is CCNC(=O)Nc1cccc(NC(=O)C2CC3CCCCC3N2)c1. The third kappa shape index (κ3) is 4.06. The van der Waals surface area contributed by atoms with Crippen LogP contribution in [0, 0.1) is 5.92 Å². The van der Waals surface area contributed by atoms with Crippen LogP contribution in [0.25, 0.3) is 0 Å². The molecule has 2 fully saturated rings. The zero-order valence-electron chi connectivity index (χ0n) is 14.1. The number of carbonyl (C=O) groups is 2. The summed E-state index contributed by atoms with van der Waals surface area (Å²) in [5, 5.41) is 11.9. The highest BCUT2D eigenvalue weighted by atomic mass is 16.2. The van der Waals surface area contributed by atoms with E-state index in [9.17, 15) is 9.59 Å². The van der Waals surface area contributed by atoms with Crippen molar-refractivity contribution in [3.05, 3.63) is 24.3 Å². The maximum absolute atomic E-state index is 12.5. The Morgan fingerprint density at radius 3 is 2.67 bits per heavy atom. The van der Waals surface area contributed by atoms with Gasteiger partial charge in [0.15, 0.2) is 0 Å². The molecule has 0 bridgehead atoms. The van der Waals surface area contributed by atoms with E-state index in [1.165, 1.54) is 25.7 Å². The van der Waals surface area contributed by atoms with Crippen molar-refractivity contribution >= 4 is 23.3 Å². The first-order valence-corrected chi connectivity index (χ1v) is 8.87. The highest BCUT2D eigenvalue weighted by molar-refractivity contribution is 5.96. The summed E-state index contributed by atoms with van der Waals surface area (Å²) in [7, 11) is 0. The highest BCUT2D eigenvalue weighted by Gasteiger charge is 2.38. The van der Waals surface area contributed by atoms with Crippen molar-refractivity contribution in [1.29, 1.82) is 0 Å². The number of hydrogen-bond acceptors (Lipinski definition) is 3. The lowest BCUT2D eigenvalue weighted by Gasteiger charge is -2.24. The van der Waals surface area contributed by atoms with E-state index in [2.05, 4.69) is 21.3 Å². The topological polar surface area (TPSA) is 82.3 Å². The van der Waals surface area contributed by atoms with E-state index in [4.69, 9.17) is 0 Å². The molecule has 1 aliphatic heterocycles. The van der Waals surface area contributed by atoms with Crippen molar-refractivity contribution < 1.29 is 9.59 Å². The van der Waals surface area contributed by atoms with Crippen molar-refractivity contribution in [2.45, 2.75) is 51.1 Å². The lowest BCUT2D eigenvalue weighted by molar-refractivity contribution is -0.117. The fourth-order valence-electron chi connectivity index (χ4n) is 3.76. The second kappa shape index (κ2) is 7.66. The van der Waals surface area contributed by atoms with Crippen molar-refractivity contribution in [2.24, 2.45) is 5.92 Å². The van der Waals surface area contributed by atoms with Crippen LogP contribution >= 0.6 is 0 Å². The summed E-state index contributed by atoms with van der Waals surface area (Å²) in [5.74, 6) is 0.653. The highest BCUT2D eigenvalue weighted by Crippen LogP contribution is 2.33. The Bertz CT molecular complexity index is 590. The van der Waals surface area contributed by atoms with E-state index in [1.807, 2.05) is 19.1 Å². The molecular formula is C18H26N4O2. The molecule has 0 radical (unpaired) electrons. The largest absolute Gasteiger partial charge is 0.338 e. The minimum absolute atomic E-state index is 0.0135. The van der Waals surface area contributed by atoms with E-state index in [-0.39, 0.29) is 18.0 Å². The fraction of sp³-hybridized carbons (Fsp3) is 0.556.